The maximum atomic E-state index is 12.7. The number of nitrogens with zero attached hydrogens (tertiary/aromatic N) is 3. The predicted molar refractivity (Wildman–Crippen MR) is 115 cm³/mol. The van der Waals surface area contributed by atoms with Gasteiger partial charge in [-0.05, 0) is 43.2 Å². The Balaban J connectivity index is 1.43. The van der Waals surface area contributed by atoms with Crippen LogP contribution in [-0.2, 0) is 11.3 Å². The summed E-state index contributed by atoms with van der Waals surface area (Å²) >= 11 is 5.95. The second-order valence-corrected chi connectivity index (χ2v) is 7.91. The van der Waals surface area contributed by atoms with E-state index in [0.29, 0.717) is 41.9 Å². The number of aromatic nitrogens is 2. The van der Waals surface area contributed by atoms with Crippen LogP contribution in [0.4, 0.5) is 0 Å². The van der Waals surface area contributed by atoms with Gasteiger partial charge in [0.05, 0.1) is 29.4 Å². The van der Waals surface area contributed by atoms with E-state index in [4.69, 9.17) is 11.6 Å². The Hall–Kier alpha value is -3.14. The first kappa shape index (κ1) is 20.1. The van der Waals surface area contributed by atoms with Gasteiger partial charge in [-0.2, -0.15) is 0 Å². The summed E-state index contributed by atoms with van der Waals surface area (Å²) in [5.41, 5.74) is -0.00999. The highest BCUT2D eigenvalue weighted by molar-refractivity contribution is 6.31. The Labute approximate surface area is 178 Å². The third-order valence-electron chi connectivity index (χ3n) is 5.32. The Morgan fingerprint density at radius 2 is 1.90 bits per heavy atom. The van der Waals surface area contributed by atoms with E-state index in [1.165, 1.54) is 10.9 Å². The third kappa shape index (κ3) is 4.38. The average molecular weight is 422 g/mol. The molecule has 0 aliphatic carbocycles. The molecule has 4 rings (SSSR count). The van der Waals surface area contributed by atoms with E-state index in [2.05, 4.69) is 16.8 Å². The molecule has 3 aromatic rings. The molecule has 1 fully saturated rings. The highest BCUT2D eigenvalue weighted by Crippen LogP contribution is 2.24. The molecule has 0 atom stereocenters. The van der Waals surface area contributed by atoms with Crippen molar-refractivity contribution in [3.63, 3.8) is 0 Å². The number of halogens is 1. The van der Waals surface area contributed by atoms with Gasteiger partial charge in [0.2, 0.25) is 0 Å². The molecule has 1 saturated heterocycles. The number of likely N-dealkylation sites (tertiary alicyclic amines) is 1. The minimum Gasteiger partial charge on any atom is -0.388 e. The zero-order valence-corrected chi connectivity index (χ0v) is 17.0. The molecule has 0 spiro atoms. The lowest BCUT2D eigenvalue weighted by Crippen LogP contribution is -2.49. The number of benzene rings is 2. The topological polar surface area (TPSA) is 75.4 Å². The highest BCUT2D eigenvalue weighted by Gasteiger charge is 2.34. The molecule has 2 heterocycles. The summed E-state index contributed by atoms with van der Waals surface area (Å²) in [6.07, 6.45) is 2.15. The first-order valence-electron chi connectivity index (χ1n) is 9.67. The van der Waals surface area contributed by atoms with Gasteiger partial charge >= 0.3 is 0 Å². The van der Waals surface area contributed by atoms with Gasteiger partial charge in [0.15, 0.2) is 0 Å². The molecular weight excluding hydrogens is 402 g/mol. The van der Waals surface area contributed by atoms with Crippen molar-refractivity contribution in [3.8, 4) is 11.8 Å². The fourth-order valence-electron chi connectivity index (χ4n) is 3.57. The van der Waals surface area contributed by atoms with Crippen molar-refractivity contribution in [2.24, 2.45) is 0 Å². The molecule has 6 nitrogen and oxygen atoms in total. The first-order valence-corrected chi connectivity index (χ1v) is 10.0. The van der Waals surface area contributed by atoms with Gasteiger partial charge in [-0.25, -0.2) is 4.98 Å². The van der Waals surface area contributed by atoms with Crippen LogP contribution in [0.1, 0.15) is 18.4 Å². The van der Waals surface area contributed by atoms with Crippen molar-refractivity contribution >= 4 is 28.4 Å². The average Bonchev–Trinajstić information content (AvgIpc) is 2.75. The normalized spacial score (nSPS) is 15.5. The Kier molecular flexibility index (Phi) is 5.58. The van der Waals surface area contributed by atoms with Crippen LogP contribution in [0.5, 0.6) is 0 Å². The van der Waals surface area contributed by atoms with Crippen LogP contribution in [0.2, 0.25) is 5.02 Å². The summed E-state index contributed by atoms with van der Waals surface area (Å²) in [5, 5.41) is 12.0. The van der Waals surface area contributed by atoms with Crippen molar-refractivity contribution in [1.29, 1.82) is 0 Å². The smallest absolute Gasteiger partial charge is 0.298 e. The summed E-state index contributed by atoms with van der Waals surface area (Å²) in [6.45, 7) is 0.878. The minimum atomic E-state index is -1.09. The number of hydrogen-bond donors (Lipinski definition) is 1. The molecule has 0 saturated carbocycles. The Morgan fingerprint density at radius 1 is 1.17 bits per heavy atom. The summed E-state index contributed by atoms with van der Waals surface area (Å²) in [5.74, 6) is 5.26. The maximum absolute atomic E-state index is 12.7. The molecule has 0 bridgehead atoms. The summed E-state index contributed by atoms with van der Waals surface area (Å²) in [7, 11) is 0. The number of amides is 1. The van der Waals surface area contributed by atoms with Crippen LogP contribution in [-0.4, -0.2) is 44.2 Å². The molecule has 0 unspecified atom stereocenters. The molecule has 0 radical (unpaired) electrons. The number of aliphatic hydroxyl groups is 1. The van der Waals surface area contributed by atoms with Crippen LogP contribution in [0.15, 0.2) is 59.7 Å². The third-order valence-corrected chi connectivity index (χ3v) is 5.56. The van der Waals surface area contributed by atoms with Gasteiger partial charge in [-0.15, -0.1) is 0 Å². The van der Waals surface area contributed by atoms with E-state index in [1.807, 2.05) is 30.3 Å². The zero-order chi connectivity index (χ0) is 21.1. The van der Waals surface area contributed by atoms with E-state index in [0.717, 1.165) is 5.56 Å². The number of fused-ring (bicyclic) bond motifs is 1. The lowest BCUT2D eigenvalue weighted by molar-refractivity contribution is -0.129. The molecule has 1 aromatic heterocycles. The van der Waals surface area contributed by atoms with Gasteiger partial charge in [-0.1, -0.05) is 35.7 Å². The minimum absolute atomic E-state index is 0.120. The molecule has 1 aliphatic rings. The maximum Gasteiger partial charge on any atom is 0.298 e. The molecule has 7 heteroatoms. The van der Waals surface area contributed by atoms with Crippen molar-refractivity contribution < 1.29 is 9.90 Å². The van der Waals surface area contributed by atoms with Crippen molar-refractivity contribution in [2.45, 2.75) is 25.0 Å². The number of carbonyl (C=O) groups is 1. The Morgan fingerprint density at radius 3 is 2.63 bits per heavy atom. The SMILES string of the molecule is O=C(C#Cc1ccccc1)N1CCC(O)(Cn2cnc3cc(Cl)ccc3c2=O)CC1. The second-order valence-electron chi connectivity index (χ2n) is 7.47. The molecule has 1 aliphatic heterocycles. The predicted octanol–water partition coefficient (Wildman–Crippen LogP) is 2.46. The molecule has 1 N–H and O–H groups in total. The highest BCUT2D eigenvalue weighted by atomic mass is 35.5. The zero-order valence-electron chi connectivity index (χ0n) is 16.2. The standard InChI is InChI=1S/C23H20ClN3O3/c24-18-7-8-19-20(14-18)25-16-27(22(19)29)15-23(30)10-12-26(13-11-23)21(28)9-6-17-4-2-1-3-5-17/h1-5,7-8,14,16,30H,10-13,15H2. The number of piperidine rings is 1. The van der Waals surface area contributed by atoms with E-state index >= 15 is 0 Å². The number of carbonyl (C=O) groups excluding carboxylic acids is 1. The fourth-order valence-corrected chi connectivity index (χ4v) is 3.74. The lowest BCUT2D eigenvalue weighted by Gasteiger charge is -2.37. The summed E-state index contributed by atoms with van der Waals surface area (Å²) < 4.78 is 1.42. The van der Waals surface area contributed by atoms with Crippen LogP contribution >= 0.6 is 11.6 Å². The fraction of sp³-hybridized carbons (Fsp3) is 0.261. The summed E-state index contributed by atoms with van der Waals surface area (Å²) in [4.78, 5) is 31.0. The number of rotatable bonds is 2. The molecule has 1 amide bonds. The largest absolute Gasteiger partial charge is 0.388 e. The van der Waals surface area contributed by atoms with Crippen LogP contribution in [0.25, 0.3) is 10.9 Å². The van der Waals surface area contributed by atoms with Gasteiger partial charge in [-0.3, -0.25) is 14.2 Å². The quantitative estimate of drug-likeness (QED) is 0.645. The Bertz CT molecular complexity index is 1200. The monoisotopic (exact) mass is 421 g/mol. The van der Waals surface area contributed by atoms with E-state index in [1.54, 1.807) is 23.1 Å². The van der Waals surface area contributed by atoms with Crippen LogP contribution in [0.3, 0.4) is 0 Å². The molecular formula is C23H20ClN3O3. The van der Waals surface area contributed by atoms with Crippen LogP contribution < -0.4 is 5.56 Å². The second kappa shape index (κ2) is 8.31. The van der Waals surface area contributed by atoms with Gasteiger partial charge in [0.1, 0.15) is 0 Å². The number of hydrogen-bond acceptors (Lipinski definition) is 4. The summed E-state index contributed by atoms with van der Waals surface area (Å²) in [6, 6.07) is 14.2. The van der Waals surface area contributed by atoms with Gasteiger partial charge in [0.25, 0.3) is 11.5 Å². The lowest BCUT2D eigenvalue weighted by atomic mass is 9.91. The first-order chi connectivity index (χ1) is 14.4. The molecule has 152 valence electrons. The molecule has 2 aromatic carbocycles. The van der Waals surface area contributed by atoms with Gasteiger partial charge < -0.3 is 10.0 Å². The van der Waals surface area contributed by atoms with Crippen molar-refractivity contribution in [1.82, 2.24) is 14.5 Å². The van der Waals surface area contributed by atoms with E-state index in [9.17, 15) is 14.7 Å². The van der Waals surface area contributed by atoms with E-state index < -0.39 is 5.60 Å². The molecule has 30 heavy (non-hydrogen) atoms. The van der Waals surface area contributed by atoms with Crippen LogP contribution in [0, 0.1) is 11.8 Å². The van der Waals surface area contributed by atoms with Crippen molar-refractivity contribution in [3.05, 3.63) is 75.8 Å². The van der Waals surface area contributed by atoms with Gasteiger partial charge in [0, 0.05) is 29.6 Å². The van der Waals surface area contributed by atoms with Crippen molar-refractivity contribution in [2.75, 3.05) is 13.1 Å². The van der Waals surface area contributed by atoms with E-state index in [-0.39, 0.29) is 18.0 Å².